The van der Waals surface area contributed by atoms with Crippen LogP contribution < -0.4 is 16.6 Å². The predicted octanol–water partition coefficient (Wildman–Crippen LogP) is 1.00. The van der Waals surface area contributed by atoms with Gasteiger partial charge in [0, 0.05) is 20.1 Å². The van der Waals surface area contributed by atoms with Gasteiger partial charge in [-0.15, -0.1) is 0 Å². The lowest BCUT2D eigenvalue weighted by Crippen LogP contribution is -2.40. The first-order chi connectivity index (χ1) is 10.9. The Bertz CT molecular complexity index is 956. The molecule has 1 unspecified atom stereocenters. The van der Waals surface area contributed by atoms with Gasteiger partial charge in [-0.05, 0) is 24.6 Å². The molecule has 7 heteroatoms. The van der Waals surface area contributed by atoms with Crippen LogP contribution in [0, 0.1) is 22.7 Å². The third-order valence-electron chi connectivity index (χ3n) is 3.65. The van der Waals surface area contributed by atoms with Crippen molar-refractivity contribution in [2.75, 3.05) is 5.32 Å². The molecule has 1 heterocycles. The van der Waals surface area contributed by atoms with E-state index < -0.39 is 11.2 Å². The highest BCUT2D eigenvalue weighted by Crippen LogP contribution is 2.20. The number of nitrogens with zero attached hydrogens (tertiary/aromatic N) is 4. The van der Waals surface area contributed by atoms with Crippen LogP contribution in [-0.2, 0) is 14.1 Å². The first kappa shape index (κ1) is 16.1. The normalized spacial score (nSPS) is 11.3. The maximum Gasteiger partial charge on any atom is 0.332 e. The maximum absolute atomic E-state index is 12.1. The number of hydrogen-bond donors (Lipinski definition) is 1. The molecular formula is C16H15N5O2. The molecule has 0 aliphatic heterocycles. The van der Waals surface area contributed by atoms with E-state index in [0.29, 0.717) is 5.56 Å². The standard InChI is InChI=1S/C16H15N5O2/c1-10(12-6-4-5-11(7-12)8-17)19-14-13(9-18)15(22)21(3)16(23)20(14)2/h4-7,10,19H,1-3H3. The van der Waals surface area contributed by atoms with Gasteiger partial charge in [0.15, 0.2) is 5.56 Å². The molecule has 0 aliphatic rings. The highest BCUT2D eigenvalue weighted by molar-refractivity contribution is 5.52. The lowest BCUT2D eigenvalue weighted by Gasteiger charge is -2.19. The average Bonchev–Trinajstić information content (AvgIpc) is 2.58. The number of hydrogen-bond acceptors (Lipinski definition) is 5. The Labute approximate surface area is 132 Å². The van der Waals surface area contributed by atoms with E-state index in [-0.39, 0.29) is 17.4 Å². The van der Waals surface area contributed by atoms with Gasteiger partial charge in [-0.2, -0.15) is 10.5 Å². The third-order valence-corrected chi connectivity index (χ3v) is 3.65. The summed E-state index contributed by atoms with van der Waals surface area (Å²) >= 11 is 0. The summed E-state index contributed by atoms with van der Waals surface area (Å²) in [6.45, 7) is 1.82. The highest BCUT2D eigenvalue weighted by Gasteiger charge is 2.17. The van der Waals surface area contributed by atoms with Crippen molar-refractivity contribution >= 4 is 5.82 Å². The van der Waals surface area contributed by atoms with Crippen LogP contribution in [0.25, 0.3) is 0 Å². The third kappa shape index (κ3) is 2.85. The number of rotatable bonds is 3. The quantitative estimate of drug-likeness (QED) is 0.911. The second-order valence-electron chi connectivity index (χ2n) is 5.14. The molecule has 1 atom stereocenters. The molecule has 1 N–H and O–H groups in total. The molecule has 0 fully saturated rings. The molecule has 0 aliphatic carbocycles. The Hall–Kier alpha value is -3.32. The number of aromatic nitrogens is 2. The van der Waals surface area contributed by atoms with Gasteiger partial charge >= 0.3 is 5.69 Å². The summed E-state index contributed by atoms with van der Waals surface area (Å²) in [5, 5.41) is 21.2. The summed E-state index contributed by atoms with van der Waals surface area (Å²) in [7, 11) is 2.82. The van der Waals surface area contributed by atoms with Crippen LogP contribution in [0.4, 0.5) is 5.82 Å². The SMILES string of the molecule is CC(Nc1c(C#N)c(=O)n(C)c(=O)n1C)c1cccc(C#N)c1. The minimum atomic E-state index is -0.643. The van der Waals surface area contributed by atoms with Crippen molar-refractivity contribution in [2.45, 2.75) is 13.0 Å². The molecule has 0 saturated carbocycles. The van der Waals surface area contributed by atoms with Crippen LogP contribution in [0.15, 0.2) is 33.9 Å². The Balaban J connectivity index is 2.52. The van der Waals surface area contributed by atoms with E-state index in [1.165, 1.54) is 18.7 Å². The van der Waals surface area contributed by atoms with Crippen LogP contribution >= 0.6 is 0 Å². The van der Waals surface area contributed by atoms with Crippen molar-refractivity contribution in [1.82, 2.24) is 9.13 Å². The molecule has 2 rings (SSSR count). The molecule has 0 spiro atoms. The molecule has 0 radical (unpaired) electrons. The first-order valence-electron chi connectivity index (χ1n) is 6.87. The fourth-order valence-corrected chi connectivity index (χ4v) is 2.28. The molecule has 0 amide bonds. The van der Waals surface area contributed by atoms with Crippen LogP contribution in [0.5, 0.6) is 0 Å². The molecule has 2 aromatic rings. The van der Waals surface area contributed by atoms with Crippen LogP contribution in [0.2, 0.25) is 0 Å². The number of anilines is 1. The van der Waals surface area contributed by atoms with E-state index in [0.717, 1.165) is 10.1 Å². The van der Waals surface area contributed by atoms with Crippen molar-refractivity contribution in [3.05, 3.63) is 61.8 Å². The van der Waals surface area contributed by atoms with E-state index in [9.17, 15) is 14.9 Å². The van der Waals surface area contributed by atoms with Crippen molar-refractivity contribution in [3.8, 4) is 12.1 Å². The van der Waals surface area contributed by atoms with Gasteiger partial charge in [0.2, 0.25) is 0 Å². The molecule has 0 bridgehead atoms. The van der Waals surface area contributed by atoms with Crippen LogP contribution in [0.1, 0.15) is 29.7 Å². The number of nitriles is 2. The fraction of sp³-hybridized carbons (Fsp3) is 0.250. The average molecular weight is 309 g/mol. The van der Waals surface area contributed by atoms with E-state index in [1.807, 2.05) is 19.1 Å². The van der Waals surface area contributed by atoms with Gasteiger partial charge in [-0.25, -0.2) is 4.79 Å². The van der Waals surface area contributed by atoms with Gasteiger partial charge in [-0.3, -0.25) is 13.9 Å². The molecule has 23 heavy (non-hydrogen) atoms. The zero-order valence-corrected chi connectivity index (χ0v) is 13.0. The summed E-state index contributed by atoms with van der Waals surface area (Å²) < 4.78 is 2.12. The summed E-state index contributed by atoms with van der Waals surface area (Å²) in [4.78, 5) is 24.1. The van der Waals surface area contributed by atoms with Gasteiger partial charge in [0.1, 0.15) is 11.9 Å². The Morgan fingerprint density at radius 2 is 1.83 bits per heavy atom. The summed E-state index contributed by atoms with van der Waals surface area (Å²) in [6, 6.07) is 10.6. The number of nitrogens with one attached hydrogen (secondary N) is 1. The highest BCUT2D eigenvalue weighted by atomic mass is 16.2. The van der Waals surface area contributed by atoms with Gasteiger partial charge < -0.3 is 5.32 Å². The summed E-state index contributed by atoms with van der Waals surface area (Å²) in [5.41, 5.74) is 0.0269. The second-order valence-corrected chi connectivity index (χ2v) is 5.14. The fourth-order valence-electron chi connectivity index (χ4n) is 2.28. The van der Waals surface area contributed by atoms with Crippen molar-refractivity contribution in [3.63, 3.8) is 0 Å². The molecular weight excluding hydrogens is 294 g/mol. The minimum absolute atomic E-state index is 0.127. The zero-order chi connectivity index (χ0) is 17.1. The first-order valence-corrected chi connectivity index (χ1v) is 6.87. The minimum Gasteiger partial charge on any atom is -0.364 e. The summed E-state index contributed by atoms with van der Waals surface area (Å²) in [6.07, 6.45) is 0. The van der Waals surface area contributed by atoms with Crippen molar-refractivity contribution in [1.29, 1.82) is 10.5 Å². The number of benzene rings is 1. The van der Waals surface area contributed by atoms with E-state index in [2.05, 4.69) is 11.4 Å². The molecule has 1 aromatic heterocycles. The van der Waals surface area contributed by atoms with Gasteiger partial charge in [0.25, 0.3) is 5.56 Å². The Kier molecular flexibility index (Phi) is 4.33. The van der Waals surface area contributed by atoms with Crippen molar-refractivity contribution < 1.29 is 0 Å². The van der Waals surface area contributed by atoms with Crippen LogP contribution in [0.3, 0.4) is 0 Å². The van der Waals surface area contributed by atoms with Crippen LogP contribution in [-0.4, -0.2) is 9.13 Å². The smallest absolute Gasteiger partial charge is 0.332 e. The summed E-state index contributed by atoms with van der Waals surface area (Å²) in [5.74, 6) is 0.162. The monoisotopic (exact) mass is 309 g/mol. The lowest BCUT2D eigenvalue weighted by molar-refractivity contribution is 0.678. The maximum atomic E-state index is 12.1. The molecule has 0 saturated heterocycles. The Morgan fingerprint density at radius 3 is 2.43 bits per heavy atom. The van der Waals surface area contributed by atoms with E-state index in [1.54, 1.807) is 18.2 Å². The molecule has 1 aromatic carbocycles. The van der Waals surface area contributed by atoms with Gasteiger partial charge in [0.05, 0.1) is 11.6 Å². The van der Waals surface area contributed by atoms with Crippen molar-refractivity contribution in [2.24, 2.45) is 14.1 Å². The van der Waals surface area contributed by atoms with E-state index >= 15 is 0 Å². The largest absolute Gasteiger partial charge is 0.364 e. The molecule has 7 nitrogen and oxygen atoms in total. The predicted molar refractivity (Wildman–Crippen MR) is 84.8 cm³/mol. The Morgan fingerprint density at radius 1 is 1.13 bits per heavy atom. The second kappa shape index (κ2) is 6.20. The van der Waals surface area contributed by atoms with E-state index in [4.69, 9.17) is 5.26 Å². The van der Waals surface area contributed by atoms with Gasteiger partial charge in [-0.1, -0.05) is 12.1 Å². The lowest BCUT2D eigenvalue weighted by atomic mass is 10.1. The topological polar surface area (TPSA) is 104 Å². The molecule has 116 valence electrons. The zero-order valence-electron chi connectivity index (χ0n) is 13.0.